The van der Waals surface area contributed by atoms with Crippen LogP contribution in [0.3, 0.4) is 0 Å². The van der Waals surface area contributed by atoms with E-state index >= 15 is 0 Å². The van der Waals surface area contributed by atoms with E-state index in [0.29, 0.717) is 19.1 Å². The molecule has 122 valence electrons. The Bertz CT molecular complexity index is 610. The van der Waals surface area contributed by atoms with Crippen molar-refractivity contribution < 1.29 is 9.47 Å². The first-order chi connectivity index (χ1) is 11.3. The fourth-order valence-corrected chi connectivity index (χ4v) is 2.52. The van der Waals surface area contributed by atoms with Crippen molar-refractivity contribution in [3.63, 3.8) is 0 Å². The molecular formula is C16H21N5O2. The van der Waals surface area contributed by atoms with Gasteiger partial charge < -0.3 is 14.8 Å². The van der Waals surface area contributed by atoms with Crippen molar-refractivity contribution in [3.8, 4) is 11.6 Å². The Labute approximate surface area is 135 Å². The molecule has 1 aliphatic rings. The number of likely N-dealkylation sites (N-methyl/N-ethyl adjacent to an activating group) is 1. The molecule has 0 spiro atoms. The van der Waals surface area contributed by atoms with Crippen LogP contribution in [0.1, 0.15) is 11.7 Å². The Balaban J connectivity index is 1.57. The van der Waals surface area contributed by atoms with E-state index in [4.69, 9.17) is 9.47 Å². The number of hydrogen-bond donors (Lipinski definition) is 1. The SMILES string of the molecule is CN1CCNC[C@H]1c1nccnc1OCCOc1cccnc1. The third-order valence-corrected chi connectivity index (χ3v) is 3.74. The Morgan fingerprint density at radius 2 is 2.09 bits per heavy atom. The van der Waals surface area contributed by atoms with E-state index in [-0.39, 0.29) is 6.04 Å². The summed E-state index contributed by atoms with van der Waals surface area (Å²) in [5, 5.41) is 3.38. The third-order valence-electron chi connectivity index (χ3n) is 3.74. The van der Waals surface area contributed by atoms with Gasteiger partial charge in [-0.25, -0.2) is 4.98 Å². The summed E-state index contributed by atoms with van der Waals surface area (Å²) in [6, 6.07) is 3.87. The van der Waals surface area contributed by atoms with E-state index in [0.717, 1.165) is 31.1 Å². The molecule has 7 heteroatoms. The van der Waals surface area contributed by atoms with Crippen LogP contribution in [0.5, 0.6) is 11.6 Å². The number of nitrogens with zero attached hydrogens (tertiary/aromatic N) is 4. The molecule has 0 aliphatic carbocycles. The lowest BCUT2D eigenvalue weighted by atomic mass is 10.1. The van der Waals surface area contributed by atoms with E-state index < -0.39 is 0 Å². The zero-order chi connectivity index (χ0) is 15.9. The molecule has 3 heterocycles. The molecule has 3 rings (SSSR count). The van der Waals surface area contributed by atoms with Crippen LogP contribution in [0.25, 0.3) is 0 Å². The highest BCUT2D eigenvalue weighted by atomic mass is 16.5. The smallest absolute Gasteiger partial charge is 0.237 e. The first-order valence-electron chi connectivity index (χ1n) is 7.72. The zero-order valence-corrected chi connectivity index (χ0v) is 13.2. The molecular weight excluding hydrogens is 294 g/mol. The molecule has 0 saturated carbocycles. The Hall–Kier alpha value is -2.25. The minimum absolute atomic E-state index is 0.173. The minimum Gasteiger partial charge on any atom is -0.488 e. The van der Waals surface area contributed by atoms with Gasteiger partial charge in [0.15, 0.2) is 0 Å². The van der Waals surface area contributed by atoms with Gasteiger partial charge in [0.2, 0.25) is 5.88 Å². The predicted octanol–water partition coefficient (Wildman–Crippen LogP) is 0.905. The van der Waals surface area contributed by atoms with Gasteiger partial charge in [0.1, 0.15) is 24.7 Å². The van der Waals surface area contributed by atoms with Crippen molar-refractivity contribution in [2.24, 2.45) is 0 Å². The first kappa shape index (κ1) is 15.6. The predicted molar refractivity (Wildman–Crippen MR) is 85.5 cm³/mol. The van der Waals surface area contributed by atoms with Gasteiger partial charge in [-0.05, 0) is 19.2 Å². The van der Waals surface area contributed by atoms with Crippen LogP contribution in [-0.2, 0) is 0 Å². The first-order valence-corrected chi connectivity index (χ1v) is 7.72. The standard InChI is InChI=1S/C16H21N5O2/c1-21-8-7-18-12-14(21)15-16(20-6-5-19-15)23-10-9-22-13-3-2-4-17-11-13/h2-6,11,14,18H,7-10,12H2,1H3/t14-/m0/s1. The third kappa shape index (κ3) is 4.14. The molecule has 7 nitrogen and oxygen atoms in total. The molecule has 0 aromatic carbocycles. The van der Waals surface area contributed by atoms with E-state index in [1.807, 2.05) is 12.1 Å². The molecule has 1 fully saturated rings. The van der Waals surface area contributed by atoms with Crippen molar-refractivity contribution in [2.45, 2.75) is 6.04 Å². The Morgan fingerprint density at radius 3 is 2.91 bits per heavy atom. The number of pyridine rings is 1. The lowest BCUT2D eigenvalue weighted by Crippen LogP contribution is -2.44. The number of rotatable bonds is 6. The number of nitrogens with one attached hydrogen (secondary N) is 1. The fourth-order valence-electron chi connectivity index (χ4n) is 2.52. The van der Waals surface area contributed by atoms with Crippen LogP contribution in [0.4, 0.5) is 0 Å². The number of ether oxygens (including phenoxy) is 2. The average molecular weight is 315 g/mol. The lowest BCUT2D eigenvalue weighted by molar-refractivity contribution is 0.179. The van der Waals surface area contributed by atoms with Crippen molar-refractivity contribution in [3.05, 3.63) is 42.6 Å². The quantitative estimate of drug-likeness (QED) is 0.794. The van der Waals surface area contributed by atoms with E-state index in [9.17, 15) is 0 Å². The minimum atomic E-state index is 0.173. The fraction of sp³-hybridized carbons (Fsp3) is 0.438. The van der Waals surface area contributed by atoms with Crippen LogP contribution in [0.2, 0.25) is 0 Å². The highest BCUT2D eigenvalue weighted by Gasteiger charge is 2.25. The summed E-state index contributed by atoms with van der Waals surface area (Å²) in [4.78, 5) is 15.1. The molecule has 23 heavy (non-hydrogen) atoms. The topological polar surface area (TPSA) is 72.4 Å². The van der Waals surface area contributed by atoms with Gasteiger partial charge in [0.25, 0.3) is 0 Å². The van der Waals surface area contributed by atoms with Gasteiger partial charge in [0, 0.05) is 38.2 Å². The van der Waals surface area contributed by atoms with Crippen molar-refractivity contribution in [2.75, 3.05) is 39.9 Å². The Morgan fingerprint density at radius 1 is 1.22 bits per heavy atom. The largest absolute Gasteiger partial charge is 0.488 e. The van der Waals surface area contributed by atoms with Crippen molar-refractivity contribution >= 4 is 0 Å². The molecule has 0 unspecified atom stereocenters. The van der Waals surface area contributed by atoms with Gasteiger partial charge in [-0.1, -0.05) is 0 Å². The molecule has 1 atom stereocenters. The molecule has 1 aliphatic heterocycles. The van der Waals surface area contributed by atoms with Crippen molar-refractivity contribution in [1.29, 1.82) is 0 Å². The van der Waals surface area contributed by atoms with Crippen LogP contribution in [0, 0.1) is 0 Å². The monoisotopic (exact) mass is 315 g/mol. The van der Waals surface area contributed by atoms with Crippen molar-refractivity contribution in [1.82, 2.24) is 25.2 Å². The summed E-state index contributed by atoms with van der Waals surface area (Å²) < 4.78 is 11.4. The van der Waals surface area contributed by atoms with Gasteiger partial charge in [-0.2, -0.15) is 0 Å². The molecule has 1 N–H and O–H groups in total. The molecule has 2 aromatic heterocycles. The van der Waals surface area contributed by atoms with Crippen LogP contribution >= 0.6 is 0 Å². The summed E-state index contributed by atoms with van der Waals surface area (Å²) >= 11 is 0. The van der Waals surface area contributed by atoms with Crippen LogP contribution in [0.15, 0.2) is 36.9 Å². The lowest BCUT2D eigenvalue weighted by Gasteiger charge is -2.32. The summed E-state index contributed by atoms with van der Waals surface area (Å²) in [7, 11) is 2.09. The van der Waals surface area contributed by atoms with Crippen LogP contribution in [-0.4, -0.2) is 59.7 Å². The molecule has 0 radical (unpaired) electrons. The van der Waals surface area contributed by atoms with Gasteiger partial charge in [0.05, 0.1) is 12.2 Å². The molecule has 2 aromatic rings. The maximum absolute atomic E-state index is 5.79. The normalized spacial score (nSPS) is 18.6. The highest BCUT2D eigenvalue weighted by molar-refractivity contribution is 5.22. The second-order valence-electron chi connectivity index (χ2n) is 5.33. The van der Waals surface area contributed by atoms with Crippen LogP contribution < -0.4 is 14.8 Å². The maximum atomic E-state index is 5.79. The second kappa shape index (κ2) is 7.85. The molecule has 0 bridgehead atoms. The van der Waals surface area contributed by atoms with E-state index in [1.54, 1.807) is 24.8 Å². The number of aromatic nitrogens is 3. The van der Waals surface area contributed by atoms with Gasteiger partial charge >= 0.3 is 0 Å². The summed E-state index contributed by atoms with van der Waals surface area (Å²) in [5.74, 6) is 1.30. The second-order valence-corrected chi connectivity index (χ2v) is 5.33. The molecule has 0 amide bonds. The van der Waals surface area contributed by atoms with Gasteiger partial charge in [-0.15, -0.1) is 0 Å². The van der Waals surface area contributed by atoms with E-state index in [2.05, 4.69) is 32.2 Å². The molecule has 1 saturated heterocycles. The number of hydrogen-bond acceptors (Lipinski definition) is 7. The van der Waals surface area contributed by atoms with E-state index in [1.165, 1.54) is 0 Å². The highest BCUT2D eigenvalue weighted by Crippen LogP contribution is 2.25. The summed E-state index contributed by atoms with van der Waals surface area (Å²) in [6.07, 6.45) is 6.74. The Kier molecular flexibility index (Phi) is 5.33. The maximum Gasteiger partial charge on any atom is 0.237 e. The summed E-state index contributed by atoms with van der Waals surface area (Å²) in [5.41, 5.74) is 0.864. The average Bonchev–Trinajstić information content (AvgIpc) is 2.61. The van der Waals surface area contributed by atoms with Gasteiger partial charge in [-0.3, -0.25) is 14.9 Å². The number of piperazine rings is 1. The summed E-state index contributed by atoms with van der Waals surface area (Å²) in [6.45, 7) is 3.65. The zero-order valence-electron chi connectivity index (χ0n) is 13.2.